The number of alkyl halides is 2. The summed E-state index contributed by atoms with van der Waals surface area (Å²) in [6.45, 7) is 0.856. The van der Waals surface area contributed by atoms with E-state index >= 15 is 0 Å². The highest BCUT2D eigenvalue weighted by Crippen LogP contribution is 2.27. The molecule has 0 radical (unpaired) electrons. The molecule has 2 aromatic rings. The number of nitrogens with zero attached hydrogens (tertiary/aromatic N) is 3. The van der Waals surface area contributed by atoms with Crippen LogP contribution in [0.5, 0.6) is 0 Å². The lowest BCUT2D eigenvalue weighted by molar-refractivity contribution is 0.0173. The molecule has 0 saturated carbocycles. The second-order valence-corrected chi connectivity index (χ2v) is 3.24. The van der Waals surface area contributed by atoms with E-state index in [0.717, 1.165) is 6.92 Å². The Balaban J connectivity index is 2.44. The van der Waals surface area contributed by atoms with Crippen molar-refractivity contribution >= 4 is 0 Å². The minimum Gasteiger partial charge on any atom is -0.237 e. The fourth-order valence-corrected chi connectivity index (χ4v) is 1.22. The molecular formula is C10H9F2N3. The zero-order chi connectivity index (χ0) is 10.9. The smallest absolute Gasteiger partial charge is 0.237 e. The average Bonchev–Trinajstić information content (AvgIpc) is 2.69. The van der Waals surface area contributed by atoms with Gasteiger partial charge in [0.1, 0.15) is 0 Å². The van der Waals surface area contributed by atoms with E-state index < -0.39 is 5.92 Å². The number of rotatable bonds is 2. The van der Waals surface area contributed by atoms with E-state index in [1.165, 1.54) is 23.0 Å². The van der Waals surface area contributed by atoms with Gasteiger partial charge in [-0.05, 0) is 18.2 Å². The second-order valence-electron chi connectivity index (χ2n) is 3.24. The minimum atomic E-state index is -2.86. The summed E-state index contributed by atoms with van der Waals surface area (Å²) in [7, 11) is 0. The predicted molar refractivity (Wildman–Crippen MR) is 50.9 cm³/mol. The molecule has 78 valence electrons. The molecule has 0 bridgehead atoms. The van der Waals surface area contributed by atoms with E-state index in [1.54, 1.807) is 18.5 Å². The summed E-state index contributed by atoms with van der Waals surface area (Å²) in [5.41, 5.74) is -0.0667. The summed E-state index contributed by atoms with van der Waals surface area (Å²) in [4.78, 5) is 3.96. The normalized spacial score (nSPS) is 11.7. The first-order valence-corrected chi connectivity index (χ1v) is 4.42. The maximum atomic E-state index is 13.0. The molecule has 15 heavy (non-hydrogen) atoms. The SMILES string of the molecule is CC(F)(F)c1ccnc(-n2cccn2)c1. The maximum absolute atomic E-state index is 13.0. The van der Waals surface area contributed by atoms with Crippen molar-refractivity contribution in [3.05, 3.63) is 42.4 Å². The summed E-state index contributed by atoms with van der Waals surface area (Å²) < 4.78 is 27.5. The van der Waals surface area contributed by atoms with E-state index in [1.807, 2.05) is 0 Å². The minimum absolute atomic E-state index is 0.0667. The van der Waals surface area contributed by atoms with Gasteiger partial charge in [0.15, 0.2) is 5.82 Å². The largest absolute Gasteiger partial charge is 0.270 e. The van der Waals surface area contributed by atoms with Gasteiger partial charge in [-0.1, -0.05) is 0 Å². The van der Waals surface area contributed by atoms with Crippen molar-refractivity contribution < 1.29 is 8.78 Å². The predicted octanol–water partition coefficient (Wildman–Crippen LogP) is 2.38. The molecule has 2 heterocycles. The quantitative estimate of drug-likeness (QED) is 0.760. The maximum Gasteiger partial charge on any atom is 0.270 e. The average molecular weight is 209 g/mol. The van der Waals surface area contributed by atoms with Crippen LogP contribution in [0.4, 0.5) is 8.78 Å². The summed E-state index contributed by atoms with van der Waals surface area (Å²) in [5, 5.41) is 3.92. The molecule has 3 nitrogen and oxygen atoms in total. The molecule has 0 unspecified atom stereocenters. The Morgan fingerprint density at radius 1 is 1.33 bits per heavy atom. The van der Waals surface area contributed by atoms with E-state index in [2.05, 4.69) is 10.1 Å². The first-order chi connectivity index (χ1) is 7.07. The molecule has 0 N–H and O–H groups in total. The zero-order valence-electron chi connectivity index (χ0n) is 8.06. The van der Waals surface area contributed by atoms with Crippen LogP contribution in [-0.4, -0.2) is 14.8 Å². The molecule has 0 aromatic carbocycles. The summed E-state index contributed by atoms with van der Waals surface area (Å²) in [6.07, 6.45) is 4.57. The summed E-state index contributed by atoms with van der Waals surface area (Å²) in [5.74, 6) is -2.47. The second kappa shape index (κ2) is 3.42. The van der Waals surface area contributed by atoms with Crippen molar-refractivity contribution in [1.29, 1.82) is 0 Å². The van der Waals surface area contributed by atoms with Gasteiger partial charge in [0, 0.05) is 31.1 Å². The number of pyridine rings is 1. The highest BCUT2D eigenvalue weighted by Gasteiger charge is 2.24. The van der Waals surface area contributed by atoms with Gasteiger partial charge >= 0.3 is 0 Å². The van der Waals surface area contributed by atoms with E-state index in [4.69, 9.17) is 0 Å². The first-order valence-electron chi connectivity index (χ1n) is 4.42. The summed E-state index contributed by atoms with van der Waals surface area (Å²) in [6, 6.07) is 4.33. The number of hydrogen-bond acceptors (Lipinski definition) is 2. The molecule has 0 atom stereocenters. The molecule has 5 heteroatoms. The van der Waals surface area contributed by atoms with Crippen molar-refractivity contribution in [3.8, 4) is 5.82 Å². The van der Waals surface area contributed by atoms with Gasteiger partial charge in [0.05, 0.1) is 0 Å². The van der Waals surface area contributed by atoms with Crippen LogP contribution in [0.1, 0.15) is 12.5 Å². The third kappa shape index (κ3) is 2.01. The Bertz CT molecular complexity index is 446. The Kier molecular flexibility index (Phi) is 2.22. The van der Waals surface area contributed by atoms with Crippen LogP contribution in [0.2, 0.25) is 0 Å². The fraction of sp³-hybridized carbons (Fsp3) is 0.200. The Labute approximate surface area is 85.4 Å². The van der Waals surface area contributed by atoms with Gasteiger partial charge in [-0.15, -0.1) is 0 Å². The van der Waals surface area contributed by atoms with Crippen molar-refractivity contribution in [2.75, 3.05) is 0 Å². The Morgan fingerprint density at radius 2 is 2.13 bits per heavy atom. The van der Waals surface area contributed by atoms with Crippen molar-refractivity contribution in [2.24, 2.45) is 0 Å². The molecule has 0 aliphatic rings. The zero-order valence-corrected chi connectivity index (χ0v) is 8.06. The van der Waals surface area contributed by atoms with Crippen LogP contribution in [0.15, 0.2) is 36.8 Å². The summed E-state index contributed by atoms with van der Waals surface area (Å²) >= 11 is 0. The van der Waals surface area contributed by atoms with Gasteiger partial charge in [-0.3, -0.25) is 0 Å². The van der Waals surface area contributed by atoms with Crippen molar-refractivity contribution in [1.82, 2.24) is 14.8 Å². The first kappa shape index (κ1) is 9.76. The van der Waals surface area contributed by atoms with Gasteiger partial charge in [-0.2, -0.15) is 5.10 Å². The molecular weight excluding hydrogens is 200 g/mol. The molecule has 0 spiro atoms. The monoisotopic (exact) mass is 209 g/mol. The van der Waals surface area contributed by atoms with Crippen LogP contribution >= 0.6 is 0 Å². The highest BCUT2D eigenvalue weighted by molar-refractivity contribution is 5.29. The third-order valence-electron chi connectivity index (χ3n) is 1.99. The van der Waals surface area contributed by atoms with Crippen LogP contribution in [-0.2, 0) is 5.92 Å². The number of aromatic nitrogens is 3. The number of hydrogen-bond donors (Lipinski definition) is 0. The lowest BCUT2D eigenvalue weighted by Crippen LogP contribution is -2.09. The van der Waals surface area contributed by atoms with Crippen LogP contribution < -0.4 is 0 Å². The number of halogens is 2. The molecule has 0 amide bonds. The van der Waals surface area contributed by atoms with E-state index in [9.17, 15) is 8.78 Å². The fourth-order valence-electron chi connectivity index (χ4n) is 1.22. The van der Waals surface area contributed by atoms with Crippen molar-refractivity contribution in [2.45, 2.75) is 12.8 Å². The lowest BCUT2D eigenvalue weighted by atomic mass is 10.1. The molecule has 0 aliphatic carbocycles. The van der Waals surface area contributed by atoms with Gasteiger partial charge < -0.3 is 0 Å². The van der Waals surface area contributed by atoms with Crippen LogP contribution in [0.3, 0.4) is 0 Å². The Hall–Kier alpha value is -1.78. The molecule has 0 fully saturated rings. The van der Waals surface area contributed by atoms with Gasteiger partial charge in [-0.25, -0.2) is 18.4 Å². The van der Waals surface area contributed by atoms with E-state index in [0.29, 0.717) is 5.82 Å². The van der Waals surface area contributed by atoms with Gasteiger partial charge in [0.2, 0.25) is 0 Å². The molecule has 2 aromatic heterocycles. The van der Waals surface area contributed by atoms with Crippen LogP contribution in [0, 0.1) is 0 Å². The standard InChI is InChI=1S/C10H9F2N3/c1-10(11,12)8-3-5-13-9(7-8)15-6-2-4-14-15/h2-7H,1H3. The van der Waals surface area contributed by atoms with E-state index in [-0.39, 0.29) is 5.56 Å². The van der Waals surface area contributed by atoms with Gasteiger partial charge in [0.25, 0.3) is 5.92 Å². The van der Waals surface area contributed by atoms with Crippen LogP contribution in [0.25, 0.3) is 5.82 Å². The molecule has 0 aliphatic heterocycles. The lowest BCUT2D eigenvalue weighted by Gasteiger charge is -2.11. The van der Waals surface area contributed by atoms with Crippen molar-refractivity contribution in [3.63, 3.8) is 0 Å². The molecule has 2 rings (SSSR count). The molecule has 0 saturated heterocycles. The third-order valence-corrected chi connectivity index (χ3v) is 1.99. The topological polar surface area (TPSA) is 30.7 Å². The highest BCUT2D eigenvalue weighted by atomic mass is 19.3. The Morgan fingerprint density at radius 3 is 2.73 bits per heavy atom.